The van der Waals surface area contributed by atoms with Crippen LogP contribution in [0, 0.1) is 0 Å². The molecule has 0 spiro atoms. The predicted octanol–water partition coefficient (Wildman–Crippen LogP) is 7.45. The van der Waals surface area contributed by atoms with E-state index in [9.17, 15) is 0 Å². The molecule has 22 heavy (non-hydrogen) atoms. The Kier molecular flexibility index (Phi) is 13.4. The SMILES string of the molecule is CC(c1ccccc1)c1ccccc1.CCC.CCCCC. The molecule has 0 N–H and O–H groups in total. The van der Waals surface area contributed by atoms with E-state index < -0.39 is 0 Å². The lowest BCUT2D eigenvalue weighted by Gasteiger charge is -2.11. The van der Waals surface area contributed by atoms with E-state index in [0.717, 1.165) is 0 Å². The summed E-state index contributed by atoms with van der Waals surface area (Å²) in [4.78, 5) is 0. The van der Waals surface area contributed by atoms with E-state index in [1.807, 2.05) is 0 Å². The van der Waals surface area contributed by atoms with Crippen LogP contribution in [-0.2, 0) is 0 Å². The molecule has 0 heterocycles. The Labute approximate surface area is 138 Å². The van der Waals surface area contributed by atoms with Gasteiger partial charge >= 0.3 is 0 Å². The van der Waals surface area contributed by atoms with Crippen LogP contribution in [0.1, 0.15) is 77.3 Å². The second-order valence-corrected chi connectivity index (χ2v) is 5.60. The lowest BCUT2D eigenvalue weighted by Crippen LogP contribution is -1.94. The molecule has 0 radical (unpaired) electrons. The Morgan fingerprint density at radius 3 is 1.18 bits per heavy atom. The summed E-state index contributed by atoms with van der Waals surface area (Å²) in [6, 6.07) is 21.2. The first kappa shape index (κ1) is 20.4. The van der Waals surface area contributed by atoms with Crippen molar-refractivity contribution in [3.63, 3.8) is 0 Å². The largest absolute Gasteiger partial charge is 0.0656 e. The second-order valence-electron chi connectivity index (χ2n) is 5.60. The van der Waals surface area contributed by atoms with E-state index in [1.165, 1.54) is 36.8 Å². The molecule has 0 nitrogen and oxygen atoms in total. The lowest BCUT2D eigenvalue weighted by atomic mass is 9.93. The van der Waals surface area contributed by atoms with Gasteiger partial charge in [0.15, 0.2) is 0 Å². The molecule has 0 amide bonds. The Morgan fingerprint density at radius 1 is 0.636 bits per heavy atom. The van der Waals surface area contributed by atoms with Crippen LogP contribution >= 0.6 is 0 Å². The van der Waals surface area contributed by atoms with Gasteiger partial charge in [-0.3, -0.25) is 0 Å². The van der Waals surface area contributed by atoms with E-state index in [-0.39, 0.29) is 0 Å². The van der Waals surface area contributed by atoms with Gasteiger partial charge in [-0.15, -0.1) is 0 Å². The summed E-state index contributed by atoms with van der Waals surface area (Å²) in [5, 5.41) is 0. The van der Waals surface area contributed by atoms with Crippen LogP contribution in [0.15, 0.2) is 60.7 Å². The molecule has 0 heteroatoms. The third-order valence-electron chi connectivity index (χ3n) is 3.31. The van der Waals surface area contributed by atoms with Crippen molar-refractivity contribution in [2.24, 2.45) is 0 Å². The fraction of sp³-hybridized carbons (Fsp3) is 0.455. The first-order chi connectivity index (χ1) is 10.7. The highest BCUT2D eigenvalue weighted by Crippen LogP contribution is 2.22. The Bertz CT molecular complexity index is 389. The number of hydrogen-bond donors (Lipinski definition) is 0. The van der Waals surface area contributed by atoms with Crippen molar-refractivity contribution in [1.82, 2.24) is 0 Å². The molecule has 0 bridgehead atoms. The molecule has 0 aliphatic rings. The summed E-state index contributed by atoms with van der Waals surface area (Å²) in [7, 11) is 0. The minimum atomic E-state index is 0.484. The maximum atomic E-state index is 2.24. The molecule has 2 aromatic rings. The molecule has 0 fully saturated rings. The zero-order valence-electron chi connectivity index (χ0n) is 15.2. The summed E-state index contributed by atoms with van der Waals surface area (Å²) in [5.41, 5.74) is 2.75. The summed E-state index contributed by atoms with van der Waals surface area (Å²) in [6.07, 6.45) is 5.33. The molecule has 0 atom stereocenters. The fourth-order valence-corrected chi connectivity index (χ4v) is 2.03. The van der Waals surface area contributed by atoms with Gasteiger partial charge in [0, 0.05) is 5.92 Å². The van der Waals surface area contributed by atoms with Crippen molar-refractivity contribution in [1.29, 1.82) is 0 Å². The standard InChI is InChI=1S/C14H14.C5H12.C3H8/c1-12(13-8-4-2-5-9-13)14-10-6-3-7-11-14;1-3-5-4-2;1-3-2/h2-12H,1H3;3-5H2,1-2H3;3H2,1-2H3. The topological polar surface area (TPSA) is 0 Å². The van der Waals surface area contributed by atoms with Crippen molar-refractivity contribution in [2.75, 3.05) is 0 Å². The molecular formula is C22H34. The molecule has 0 aliphatic heterocycles. The molecule has 2 aromatic carbocycles. The van der Waals surface area contributed by atoms with E-state index >= 15 is 0 Å². The smallest absolute Gasteiger partial charge is 0.00610 e. The average Bonchev–Trinajstić information content (AvgIpc) is 2.58. The van der Waals surface area contributed by atoms with Crippen LogP contribution in [0.2, 0.25) is 0 Å². The third kappa shape index (κ3) is 9.39. The predicted molar refractivity (Wildman–Crippen MR) is 102 cm³/mol. The molecule has 0 unspecified atom stereocenters. The number of unbranched alkanes of at least 4 members (excludes halogenated alkanes) is 2. The lowest BCUT2D eigenvalue weighted by molar-refractivity contribution is 0.772. The summed E-state index contributed by atoms with van der Waals surface area (Å²) < 4.78 is 0. The van der Waals surface area contributed by atoms with Crippen LogP contribution in [-0.4, -0.2) is 0 Å². The van der Waals surface area contributed by atoms with Gasteiger partial charge in [0.05, 0.1) is 0 Å². The van der Waals surface area contributed by atoms with Crippen LogP contribution in [0.4, 0.5) is 0 Å². The van der Waals surface area contributed by atoms with E-state index in [2.05, 4.69) is 95.3 Å². The third-order valence-corrected chi connectivity index (χ3v) is 3.31. The maximum absolute atomic E-state index is 2.24. The molecule has 0 saturated heterocycles. The van der Waals surface area contributed by atoms with Crippen molar-refractivity contribution >= 4 is 0 Å². The van der Waals surface area contributed by atoms with Gasteiger partial charge in [-0.25, -0.2) is 0 Å². The number of hydrogen-bond acceptors (Lipinski definition) is 0. The first-order valence-electron chi connectivity index (χ1n) is 8.80. The molecule has 0 aromatic heterocycles. The highest BCUT2D eigenvalue weighted by molar-refractivity contribution is 5.31. The number of rotatable bonds is 4. The second kappa shape index (κ2) is 14.4. The van der Waals surface area contributed by atoms with E-state index in [0.29, 0.717) is 5.92 Å². The first-order valence-corrected chi connectivity index (χ1v) is 8.80. The maximum Gasteiger partial charge on any atom is 0.00610 e. The van der Waals surface area contributed by atoms with Gasteiger partial charge in [0.25, 0.3) is 0 Å². The van der Waals surface area contributed by atoms with Gasteiger partial charge in [-0.1, -0.05) is 121 Å². The fourth-order valence-electron chi connectivity index (χ4n) is 2.03. The summed E-state index contributed by atoms with van der Waals surface area (Å²) in [6.45, 7) is 10.9. The van der Waals surface area contributed by atoms with Gasteiger partial charge in [0.1, 0.15) is 0 Å². The quantitative estimate of drug-likeness (QED) is 0.549. The van der Waals surface area contributed by atoms with Crippen LogP contribution < -0.4 is 0 Å². The van der Waals surface area contributed by atoms with Crippen molar-refractivity contribution in [2.45, 2.75) is 66.2 Å². The highest BCUT2D eigenvalue weighted by atomic mass is 14.1. The summed E-state index contributed by atoms with van der Waals surface area (Å²) >= 11 is 0. The Balaban J connectivity index is 0.000000465. The van der Waals surface area contributed by atoms with Gasteiger partial charge in [0.2, 0.25) is 0 Å². The van der Waals surface area contributed by atoms with Gasteiger partial charge < -0.3 is 0 Å². The van der Waals surface area contributed by atoms with E-state index in [4.69, 9.17) is 0 Å². The highest BCUT2D eigenvalue weighted by Gasteiger charge is 2.05. The van der Waals surface area contributed by atoms with Crippen LogP contribution in [0.3, 0.4) is 0 Å². The Hall–Kier alpha value is -1.56. The van der Waals surface area contributed by atoms with Crippen molar-refractivity contribution < 1.29 is 0 Å². The monoisotopic (exact) mass is 298 g/mol. The minimum absolute atomic E-state index is 0.484. The molecule has 2 rings (SSSR count). The molecular weight excluding hydrogens is 264 g/mol. The molecule has 0 aliphatic carbocycles. The van der Waals surface area contributed by atoms with Crippen LogP contribution in [0.25, 0.3) is 0 Å². The van der Waals surface area contributed by atoms with Gasteiger partial charge in [-0.2, -0.15) is 0 Å². The number of benzene rings is 2. The average molecular weight is 299 g/mol. The zero-order chi connectivity index (χ0) is 16.6. The normalized spacial score (nSPS) is 9.36. The van der Waals surface area contributed by atoms with Crippen molar-refractivity contribution in [3.8, 4) is 0 Å². The summed E-state index contributed by atoms with van der Waals surface area (Å²) in [5.74, 6) is 0.484. The molecule has 0 saturated carbocycles. The van der Waals surface area contributed by atoms with E-state index in [1.54, 1.807) is 0 Å². The van der Waals surface area contributed by atoms with Crippen molar-refractivity contribution in [3.05, 3.63) is 71.8 Å². The van der Waals surface area contributed by atoms with Crippen LogP contribution in [0.5, 0.6) is 0 Å². The Morgan fingerprint density at radius 2 is 0.955 bits per heavy atom. The minimum Gasteiger partial charge on any atom is -0.0656 e. The molecule has 122 valence electrons. The zero-order valence-corrected chi connectivity index (χ0v) is 15.2. The van der Waals surface area contributed by atoms with Gasteiger partial charge in [-0.05, 0) is 11.1 Å².